The number of hydrogen-bond acceptors (Lipinski definition) is 2. The van der Waals surface area contributed by atoms with Crippen LogP contribution in [0.4, 0.5) is 0 Å². The van der Waals surface area contributed by atoms with Gasteiger partial charge in [0.05, 0.1) is 6.54 Å². The van der Waals surface area contributed by atoms with Crippen LogP contribution < -0.4 is 5.32 Å². The maximum atomic E-state index is 5.61. The summed E-state index contributed by atoms with van der Waals surface area (Å²) in [6.45, 7) is 9.41. The number of nitrogens with one attached hydrogen (secondary N) is 1. The summed E-state index contributed by atoms with van der Waals surface area (Å²) in [4.78, 5) is 2.46. The Morgan fingerprint density at radius 1 is 1.29 bits per heavy atom. The standard InChI is InChI=1S/C19H28N2/c1-5-13-21(15-16-11-12-16)18(14-20-19(2,3)4)17-9-7-6-8-10-17/h1,6-10,16,18,20H,11-15H2,2-4H3. The summed E-state index contributed by atoms with van der Waals surface area (Å²) in [5, 5.41) is 3.64. The molecule has 1 atom stereocenters. The molecule has 0 aliphatic heterocycles. The molecule has 1 saturated carbocycles. The van der Waals surface area contributed by atoms with E-state index < -0.39 is 0 Å². The Bertz CT molecular complexity index is 463. The van der Waals surface area contributed by atoms with Gasteiger partial charge in [-0.3, -0.25) is 4.90 Å². The first-order valence-electron chi connectivity index (χ1n) is 7.97. The van der Waals surface area contributed by atoms with E-state index in [9.17, 15) is 0 Å². The van der Waals surface area contributed by atoms with E-state index in [1.807, 2.05) is 0 Å². The van der Waals surface area contributed by atoms with Crippen LogP contribution in [0.5, 0.6) is 0 Å². The Hall–Kier alpha value is -1.30. The van der Waals surface area contributed by atoms with Gasteiger partial charge in [0, 0.05) is 24.7 Å². The van der Waals surface area contributed by atoms with Gasteiger partial charge in [0.2, 0.25) is 0 Å². The molecule has 1 N–H and O–H groups in total. The molecule has 2 heteroatoms. The minimum Gasteiger partial charge on any atom is -0.310 e. The minimum atomic E-state index is 0.119. The Labute approximate surface area is 129 Å². The maximum Gasteiger partial charge on any atom is 0.0604 e. The van der Waals surface area contributed by atoms with Gasteiger partial charge in [0.15, 0.2) is 0 Å². The van der Waals surface area contributed by atoms with E-state index in [1.165, 1.54) is 18.4 Å². The number of hydrogen-bond donors (Lipinski definition) is 1. The second-order valence-corrected chi connectivity index (χ2v) is 7.13. The molecule has 21 heavy (non-hydrogen) atoms. The molecule has 2 nitrogen and oxygen atoms in total. The van der Waals surface area contributed by atoms with Crippen LogP contribution in [0.25, 0.3) is 0 Å². The molecule has 1 unspecified atom stereocenters. The average Bonchev–Trinajstić information content (AvgIpc) is 3.23. The van der Waals surface area contributed by atoms with Crippen molar-refractivity contribution in [3.05, 3.63) is 35.9 Å². The zero-order valence-electron chi connectivity index (χ0n) is 13.6. The van der Waals surface area contributed by atoms with Gasteiger partial charge in [-0.05, 0) is 45.1 Å². The summed E-state index contributed by atoms with van der Waals surface area (Å²) >= 11 is 0. The predicted molar refractivity (Wildman–Crippen MR) is 90.1 cm³/mol. The highest BCUT2D eigenvalue weighted by Gasteiger charge is 2.29. The fourth-order valence-electron chi connectivity index (χ4n) is 2.59. The van der Waals surface area contributed by atoms with Crippen LogP contribution in [0, 0.1) is 18.3 Å². The van der Waals surface area contributed by atoms with E-state index >= 15 is 0 Å². The SMILES string of the molecule is C#CCN(CC1CC1)C(CNC(C)(C)C)c1ccccc1. The average molecular weight is 284 g/mol. The molecule has 114 valence electrons. The third-order valence-electron chi connectivity index (χ3n) is 3.93. The molecular formula is C19H28N2. The summed E-state index contributed by atoms with van der Waals surface area (Å²) in [6, 6.07) is 11.1. The molecule has 1 aromatic carbocycles. The van der Waals surface area contributed by atoms with Crippen molar-refractivity contribution in [3.63, 3.8) is 0 Å². The van der Waals surface area contributed by atoms with Crippen molar-refractivity contribution in [1.82, 2.24) is 10.2 Å². The normalized spacial score (nSPS) is 16.7. The van der Waals surface area contributed by atoms with E-state index in [0.717, 1.165) is 25.6 Å². The molecule has 0 bridgehead atoms. The summed E-state index contributed by atoms with van der Waals surface area (Å²) in [6.07, 6.45) is 8.32. The first-order valence-corrected chi connectivity index (χ1v) is 7.97. The largest absolute Gasteiger partial charge is 0.310 e. The van der Waals surface area contributed by atoms with Crippen molar-refractivity contribution in [3.8, 4) is 12.3 Å². The van der Waals surface area contributed by atoms with Crippen molar-refractivity contribution in [2.45, 2.75) is 45.2 Å². The zero-order valence-corrected chi connectivity index (χ0v) is 13.6. The van der Waals surface area contributed by atoms with Gasteiger partial charge in [-0.15, -0.1) is 6.42 Å². The van der Waals surface area contributed by atoms with Gasteiger partial charge in [-0.2, -0.15) is 0 Å². The predicted octanol–water partition coefficient (Wildman–Crippen LogP) is 3.46. The Balaban J connectivity index is 2.14. The second kappa shape index (κ2) is 7.11. The monoisotopic (exact) mass is 284 g/mol. The van der Waals surface area contributed by atoms with Gasteiger partial charge in [-0.25, -0.2) is 0 Å². The Morgan fingerprint density at radius 3 is 2.48 bits per heavy atom. The molecule has 0 heterocycles. The van der Waals surface area contributed by atoms with Crippen molar-refractivity contribution in [1.29, 1.82) is 0 Å². The number of terminal acetylenes is 1. The molecule has 1 aromatic rings. The lowest BCUT2D eigenvalue weighted by Gasteiger charge is -2.33. The van der Waals surface area contributed by atoms with Gasteiger partial charge in [0.25, 0.3) is 0 Å². The van der Waals surface area contributed by atoms with Crippen molar-refractivity contribution >= 4 is 0 Å². The topological polar surface area (TPSA) is 15.3 Å². The van der Waals surface area contributed by atoms with Gasteiger partial charge < -0.3 is 5.32 Å². The van der Waals surface area contributed by atoms with Gasteiger partial charge in [-0.1, -0.05) is 36.3 Å². The molecule has 1 aliphatic rings. The van der Waals surface area contributed by atoms with Gasteiger partial charge in [0.1, 0.15) is 0 Å². The van der Waals surface area contributed by atoms with E-state index in [2.05, 4.69) is 67.2 Å². The molecule has 0 spiro atoms. The molecule has 0 aromatic heterocycles. The lowest BCUT2D eigenvalue weighted by Crippen LogP contribution is -2.44. The lowest BCUT2D eigenvalue weighted by molar-refractivity contribution is 0.197. The summed E-state index contributed by atoms with van der Waals surface area (Å²) < 4.78 is 0. The Kier molecular flexibility index (Phi) is 5.45. The number of benzene rings is 1. The number of nitrogens with zero attached hydrogens (tertiary/aromatic N) is 1. The van der Waals surface area contributed by atoms with Crippen molar-refractivity contribution in [2.75, 3.05) is 19.6 Å². The molecule has 0 amide bonds. The quantitative estimate of drug-likeness (QED) is 0.771. The highest BCUT2D eigenvalue weighted by atomic mass is 15.2. The Morgan fingerprint density at radius 2 is 1.95 bits per heavy atom. The summed E-state index contributed by atoms with van der Waals surface area (Å²) in [7, 11) is 0. The van der Waals surface area contributed by atoms with Crippen LogP contribution in [0.2, 0.25) is 0 Å². The molecule has 0 saturated heterocycles. The van der Waals surface area contributed by atoms with Gasteiger partial charge >= 0.3 is 0 Å². The third-order valence-corrected chi connectivity index (χ3v) is 3.93. The van der Waals surface area contributed by atoms with Crippen LogP contribution in [-0.2, 0) is 0 Å². The molecule has 1 fully saturated rings. The van der Waals surface area contributed by atoms with E-state index in [4.69, 9.17) is 6.42 Å². The zero-order chi connectivity index (χ0) is 15.3. The molecule has 1 aliphatic carbocycles. The van der Waals surface area contributed by atoms with Crippen LogP contribution in [0.15, 0.2) is 30.3 Å². The fourth-order valence-corrected chi connectivity index (χ4v) is 2.59. The van der Waals surface area contributed by atoms with E-state index in [1.54, 1.807) is 0 Å². The second-order valence-electron chi connectivity index (χ2n) is 7.13. The summed E-state index contributed by atoms with van der Waals surface area (Å²) in [5.41, 5.74) is 1.47. The first kappa shape index (κ1) is 16.1. The number of rotatable bonds is 7. The van der Waals surface area contributed by atoms with Crippen LogP contribution in [0.1, 0.15) is 45.2 Å². The van der Waals surface area contributed by atoms with Crippen LogP contribution in [0.3, 0.4) is 0 Å². The van der Waals surface area contributed by atoms with Crippen LogP contribution >= 0.6 is 0 Å². The molecule has 2 rings (SSSR count). The van der Waals surface area contributed by atoms with Crippen molar-refractivity contribution in [2.24, 2.45) is 5.92 Å². The van der Waals surface area contributed by atoms with Crippen LogP contribution in [-0.4, -0.2) is 30.1 Å². The highest BCUT2D eigenvalue weighted by Crippen LogP contribution is 2.32. The molecular weight excluding hydrogens is 256 g/mol. The smallest absolute Gasteiger partial charge is 0.0604 e. The first-order chi connectivity index (χ1) is 9.99. The van der Waals surface area contributed by atoms with E-state index in [0.29, 0.717) is 6.04 Å². The minimum absolute atomic E-state index is 0.119. The highest BCUT2D eigenvalue weighted by molar-refractivity contribution is 5.20. The molecule has 0 radical (unpaired) electrons. The summed E-state index contributed by atoms with van der Waals surface area (Å²) in [5.74, 6) is 3.69. The lowest BCUT2D eigenvalue weighted by atomic mass is 10.0. The van der Waals surface area contributed by atoms with E-state index in [-0.39, 0.29) is 5.54 Å². The van der Waals surface area contributed by atoms with Crippen molar-refractivity contribution < 1.29 is 0 Å². The maximum absolute atomic E-state index is 5.61. The fraction of sp³-hybridized carbons (Fsp3) is 0.579. The third kappa shape index (κ3) is 5.53.